The van der Waals surface area contributed by atoms with E-state index in [0.717, 1.165) is 24.9 Å². The molecule has 4 rings (SSSR count). The molecule has 0 aromatic heterocycles. The fourth-order valence-corrected chi connectivity index (χ4v) is 4.36. The molecule has 1 aliphatic carbocycles. The van der Waals surface area contributed by atoms with Crippen molar-refractivity contribution in [2.24, 2.45) is 11.3 Å². The topological polar surface area (TPSA) is 65.1 Å². The van der Waals surface area contributed by atoms with Crippen molar-refractivity contribution < 1.29 is 22.7 Å². The molecule has 27 heavy (non-hydrogen) atoms. The van der Waals surface area contributed by atoms with Gasteiger partial charge in [0.05, 0.1) is 30.4 Å². The Bertz CT molecular complexity index is 762. The van der Waals surface area contributed by atoms with E-state index < -0.39 is 16.9 Å². The highest BCUT2D eigenvalue weighted by molar-refractivity contribution is 7.80. The second kappa shape index (κ2) is 6.95. The Kier molecular flexibility index (Phi) is 4.91. The summed E-state index contributed by atoms with van der Waals surface area (Å²) in [6, 6.07) is 5.37. The zero-order valence-electron chi connectivity index (χ0n) is 16.2. The third kappa shape index (κ3) is 3.70. The van der Waals surface area contributed by atoms with Crippen LogP contribution in [-0.4, -0.2) is 36.5 Å². The molecule has 3 aliphatic rings. The van der Waals surface area contributed by atoms with Gasteiger partial charge in [0.25, 0.3) is 11.7 Å². The number of carbonyl (C=O) groups is 1. The van der Waals surface area contributed by atoms with Gasteiger partial charge in [0, 0.05) is 12.1 Å². The summed E-state index contributed by atoms with van der Waals surface area (Å²) in [6.45, 7) is 8.08. The highest BCUT2D eigenvalue weighted by Gasteiger charge is 2.55. The largest absolute Gasteiger partial charge is 0.338 e. The molecule has 6 nitrogen and oxygen atoms in total. The van der Waals surface area contributed by atoms with E-state index in [4.69, 9.17) is 13.7 Å². The Morgan fingerprint density at radius 1 is 1.26 bits per heavy atom. The van der Waals surface area contributed by atoms with E-state index in [1.165, 1.54) is 0 Å². The van der Waals surface area contributed by atoms with Crippen LogP contribution in [-0.2, 0) is 35.3 Å². The fourth-order valence-electron chi connectivity index (χ4n) is 3.37. The number of fused-ring (bicyclic) bond motifs is 2. The Morgan fingerprint density at radius 3 is 2.59 bits per heavy atom. The van der Waals surface area contributed by atoms with E-state index in [9.17, 15) is 9.00 Å². The van der Waals surface area contributed by atoms with Crippen LogP contribution in [0, 0.1) is 11.3 Å². The van der Waals surface area contributed by atoms with Crippen LogP contribution in [0.15, 0.2) is 23.1 Å². The summed E-state index contributed by atoms with van der Waals surface area (Å²) in [5.74, 6) is -1.01. The van der Waals surface area contributed by atoms with Crippen LogP contribution in [0.25, 0.3) is 0 Å². The molecule has 2 aliphatic heterocycles. The van der Waals surface area contributed by atoms with Crippen LogP contribution in [0.2, 0.25) is 0 Å². The lowest BCUT2D eigenvalue weighted by Crippen LogP contribution is -2.47. The number of benzene rings is 1. The molecule has 1 amide bonds. The third-order valence-electron chi connectivity index (χ3n) is 4.97. The average Bonchev–Trinajstić information content (AvgIpc) is 3.44. The number of anilines is 1. The van der Waals surface area contributed by atoms with Crippen molar-refractivity contribution in [1.82, 2.24) is 0 Å². The van der Waals surface area contributed by atoms with Gasteiger partial charge in [-0.2, -0.15) is 0 Å². The van der Waals surface area contributed by atoms with Crippen LogP contribution < -0.4 is 4.90 Å². The number of hydrogen-bond donors (Lipinski definition) is 0. The monoisotopic (exact) mass is 393 g/mol. The lowest BCUT2D eigenvalue weighted by molar-refractivity contribution is -0.256. The highest BCUT2D eigenvalue weighted by atomic mass is 32.2. The quantitative estimate of drug-likeness (QED) is 0.769. The summed E-state index contributed by atoms with van der Waals surface area (Å²) in [5.41, 5.74) is 1.36. The van der Waals surface area contributed by atoms with Crippen molar-refractivity contribution in [2.45, 2.75) is 50.7 Å². The molecular weight excluding hydrogens is 366 g/mol. The van der Waals surface area contributed by atoms with Crippen molar-refractivity contribution in [1.29, 1.82) is 0 Å². The molecule has 0 bridgehead atoms. The first-order valence-corrected chi connectivity index (χ1v) is 10.7. The molecule has 1 saturated carbocycles. The van der Waals surface area contributed by atoms with E-state index in [1.807, 2.05) is 26.8 Å². The second-order valence-corrected chi connectivity index (χ2v) is 9.94. The van der Waals surface area contributed by atoms with Crippen molar-refractivity contribution in [3.05, 3.63) is 23.8 Å². The smallest absolute Gasteiger partial charge is 0.292 e. The zero-order valence-corrected chi connectivity index (χ0v) is 17.0. The van der Waals surface area contributed by atoms with Crippen molar-refractivity contribution >= 4 is 22.7 Å². The maximum atomic E-state index is 13.2. The summed E-state index contributed by atoms with van der Waals surface area (Å²) >= 11 is -1.61. The number of nitrogens with zero attached hydrogens (tertiary/aromatic N) is 1. The number of rotatable bonds is 5. The molecule has 1 saturated heterocycles. The van der Waals surface area contributed by atoms with Crippen LogP contribution in [0.5, 0.6) is 0 Å². The summed E-state index contributed by atoms with van der Waals surface area (Å²) in [4.78, 5) is 15.5. The minimum atomic E-state index is -1.61. The van der Waals surface area contributed by atoms with Gasteiger partial charge in [0.15, 0.2) is 11.1 Å². The van der Waals surface area contributed by atoms with E-state index in [2.05, 4.69) is 0 Å². The standard InChI is InChI=1S/C20H27NO5S/c1-19(2,3)13-26-27(23)15-7-8-17-16(11-15)20(24-9-4-10-25-20)18(22)21(17)12-14-5-6-14/h7-8,11,14H,4-6,9-10,12-13H2,1-3H3. The first-order valence-electron chi connectivity index (χ1n) is 9.60. The Balaban J connectivity index is 1.66. The normalized spacial score (nSPS) is 22.9. The van der Waals surface area contributed by atoms with Crippen LogP contribution in [0.4, 0.5) is 5.69 Å². The summed E-state index contributed by atoms with van der Waals surface area (Å²) in [7, 11) is 0. The number of carbonyl (C=O) groups excluding carboxylic acids is 1. The van der Waals surface area contributed by atoms with Gasteiger partial charge in [-0.05, 0) is 48.8 Å². The summed E-state index contributed by atoms with van der Waals surface area (Å²) < 4.78 is 30.0. The SMILES string of the molecule is CC(C)(C)COS(=O)c1ccc2c(c1)C1(OCCCO1)C(=O)N2CC1CC1. The lowest BCUT2D eigenvalue weighted by Gasteiger charge is -2.32. The molecule has 1 aromatic carbocycles. The predicted octanol–water partition coefficient (Wildman–Crippen LogP) is 3.12. The van der Waals surface area contributed by atoms with Gasteiger partial charge in [-0.25, -0.2) is 4.21 Å². The number of hydrogen-bond acceptors (Lipinski definition) is 5. The lowest BCUT2D eigenvalue weighted by atomic mass is 9.99. The molecule has 2 fully saturated rings. The maximum Gasteiger partial charge on any atom is 0.292 e. The highest BCUT2D eigenvalue weighted by Crippen LogP contribution is 2.47. The Hall–Kier alpha value is -1.28. The Morgan fingerprint density at radius 2 is 1.96 bits per heavy atom. The fraction of sp³-hybridized carbons (Fsp3) is 0.650. The Labute approximate surface area is 162 Å². The molecule has 0 radical (unpaired) electrons. The van der Waals surface area contributed by atoms with E-state index in [1.54, 1.807) is 17.0 Å². The van der Waals surface area contributed by atoms with Gasteiger partial charge < -0.3 is 14.4 Å². The summed E-state index contributed by atoms with van der Waals surface area (Å²) in [5, 5.41) is 0. The van der Waals surface area contributed by atoms with Gasteiger partial charge in [0.1, 0.15) is 0 Å². The van der Waals surface area contributed by atoms with Gasteiger partial charge in [-0.1, -0.05) is 20.8 Å². The van der Waals surface area contributed by atoms with Crippen molar-refractivity contribution in [3.8, 4) is 0 Å². The maximum absolute atomic E-state index is 13.2. The van der Waals surface area contributed by atoms with E-state index >= 15 is 0 Å². The minimum absolute atomic E-state index is 0.0831. The average molecular weight is 394 g/mol. The van der Waals surface area contributed by atoms with Gasteiger partial charge >= 0.3 is 0 Å². The second-order valence-electron chi connectivity index (χ2n) is 8.76. The molecule has 0 N–H and O–H groups in total. The summed E-state index contributed by atoms with van der Waals surface area (Å²) in [6.07, 6.45) is 3.06. The predicted molar refractivity (Wildman–Crippen MR) is 102 cm³/mol. The minimum Gasteiger partial charge on any atom is -0.338 e. The van der Waals surface area contributed by atoms with Gasteiger partial charge in [-0.3, -0.25) is 8.98 Å². The van der Waals surface area contributed by atoms with Crippen LogP contribution in [0.3, 0.4) is 0 Å². The first-order chi connectivity index (χ1) is 12.8. The van der Waals surface area contributed by atoms with Crippen molar-refractivity contribution in [3.63, 3.8) is 0 Å². The molecule has 1 unspecified atom stereocenters. The van der Waals surface area contributed by atoms with Crippen molar-refractivity contribution in [2.75, 3.05) is 31.3 Å². The molecule has 2 heterocycles. The van der Waals surface area contributed by atoms with E-state index in [0.29, 0.717) is 42.7 Å². The van der Waals surface area contributed by atoms with Crippen LogP contribution in [0.1, 0.15) is 45.6 Å². The number of ether oxygens (including phenoxy) is 2. The first kappa shape index (κ1) is 19.1. The zero-order chi connectivity index (χ0) is 19.2. The molecule has 1 atom stereocenters. The third-order valence-corrected chi connectivity index (χ3v) is 5.94. The van der Waals surface area contributed by atoms with E-state index in [-0.39, 0.29) is 11.3 Å². The molecular formula is C20H27NO5S. The molecule has 1 aromatic rings. The van der Waals surface area contributed by atoms with Crippen LogP contribution >= 0.6 is 0 Å². The van der Waals surface area contributed by atoms with Gasteiger partial charge in [0.2, 0.25) is 0 Å². The molecule has 1 spiro atoms. The number of amides is 1. The molecule has 148 valence electrons. The van der Waals surface area contributed by atoms with Gasteiger partial charge in [-0.15, -0.1) is 0 Å². The molecule has 7 heteroatoms.